The van der Waals surface area contributed by atoms with Gasteiger partial charge in [-0.25, -0.2) is 5.01 Å². The predicted octanol–water partition coefficient (Wildman–Crippen LogP) is 7.74. The Labute approximate surface area is 272 Å². The van der Waals surface area contributed by atoms with E-state index in [0.29, 0.717) is 32.8 Å². The molecule has 8 nitrogen and oxygen atoms in total. The van der Waals surface area contributed by atoms with Gasteiger partial charge < -0.3 is 24.4 Å². The maximum atomic E-state index is 14.4. The number of benzene rings is 4. The Hall–Kier alpha value is -4.50. The summed E-state index contributed by atoms with van der Waals surface area (Å²) in [5, 5.41) is 17.3. The fraction of sp³-hybridized carbons (Fsp3) is 0.278. The largest absolute Gasteiger partial charge is 0.504 e. The Bertz CT molecular complexity index is 1740. The van der Waals surface area contributed by atoms with Crippen LogP contribution < -0.4 is 19.3 Å². The van der Waals surface area contributed by atoms with Gasteiger partial charge in [-0.05, 0) is 58.0 Å². The Kier molecular flexibility index (Phi) is 8.22. The quantitative estimate of drug-likeness (QED) is 0.184. The number of carbonyl (C=O) groups is 1. The van der Waals surface area contributed by atoms with Crippen molar-refractivity contribution in [2.24, 2.45) is 5.10 Å². The zero-order valence-corrected chi connectivity index (χ0v) is 27.8. The molecular weight excluding hydrogens is 632 g/mol. The second kappa shape index (κ2) is 12.1. The Morgan fingerprint density at radius 3 is 2.00 bits per heavy atom. The van der Waals surface area contributed by atoms with Gasteiger partial charge in [-0.3, -0.25) is 4.79 Å². The van der Waals surface area contributed by atoms with Crippen molar-refractivity contribution in [2.45, 2.75) is 33.2 Å². The number of anilines is 2. The van der Waals surface area contributed by atoms with Crippen molar-refractivity contribution in [1.29, 1.82) is 0 Å². The average molecular weight is 670 g/mol. The number of methoxy groups -OCH3 is 1. The molecule has 0 atom stereocenters. The van der Waals surface area contributed by atoms with Gasteiger partial charge >= 0.3 is 0 Å². The van der Waals surface area contributed by atoms with Crippen LogP contribution in [0.25, 0.3) is 0 Å². The maximum Gasteiger partial charge on any atom is 0.275 e. The summed E-state index contributed by atoms with van der Waals surface area (Å²) in [6, 6.07) is 23.5. The summed E-state index contributed by atoms with van der Waals surface area (Å²) < 4.78 is 12.8. The number of phenols is 1. The molecule has 0 saturated heterocycles. The highest BCUT2D eigenvalue weighted by atomic mass is 79.9. The standard InChI is InChI=1S/C36H37BrN4O4/c1-6-39(7-2)25-14-16-29-31(20-25)45-32-21-26(40(8-3)9-4)15-17-30(32)36(29)28-13-11-10-12-27(28)35(43)41(36)38-22-23-18-24(37)19-33(44-5)34(23)42/h10-22,42H,6-9H2,1-5H3/b38-22+. The van der Waals surface area contributed by atoms with E-state index in [1.165, 1.54) is 13.3 Å². The van der Waals surface area contributed by atoms with E-state index in [0.717, 1.165) is 54.2 Å². The van der Waals surface area contributed by atoms with E-state index in [2.05, 4.69) is 89.8 Å². The van der Waals surface area contributed by atoms with Crippen LogP contribution in [0.5, 0.6) is 23.0 Å². The van der Waals surface area contributed by atoms with Crippen LogP contribution in [-0.4, -0.2) is 55.5 Å². The number of nitrogens with zero attached hydrogens (tertiary/aromatic N) is 4. The zero-order chi connectivity index (χ0) is 31.9. The number of halogens is 1. The number of ether oxygens (including phenoxy) is 2. The summed E-state index contributed by atoms with van der Waals surface area (Å²) in [6.07, 6.45) is 1.51. The number of hydrogen-bond acceptors (Lipinski definition) is 7. The minimum Gasteiger partial charge on any atom is -0.504 e. The van der Waals surface area contributed by atoms with Crippen molar-refractivity contribution < 1.29 is 19.4 Å². The molecule has 2 heterocycles. The lowest BCUT2D eigenvalue weighted by Crippen LogP contribution is -2.44. The van der Waals surface area contributed by atoms with Crippen LogP contribution in [-0.2, 0) is 5.54 Å². The molecule has 0 unspecified atom stereocenters. The van der Waals surface area contributed by atoms with E-state index in [1.807, 2.05) is 24.3 Å². The van der Waals surface area contributed by atoms with E-state index in [-0.39, 0.29) is 11.7 Å². The second-order valence-corrected chi connectivity index (χ2v) is 11.9. The van der Waals surface area contributed by atoms with Crippen molar-refractivity contribution >= 4 is 39.4 Å². The molecule has 1 spiro atoms. The first-order chi connectivity index (χ1) is 21.8. The summed E-state index contributed by atoms with van der Waals surface area (Å²) in [7, 11) is 1.49. The summed E-state index contributed by atoms with van der Waals surface area (Å²) in [5.74, 6) is 1.32. The van der Waals surface area contributed by atoms with E-state index >= 15 is 0 Å². The number of carbonyl (C=O) groups excluding carboxylic acids is 1. The molecule has 0 radical (unpaired) electrons. The van der Waals surface area contributed by atoms with Crippen molar-refractivity contribution in [3.05, 3.63) is 105 Å². The molecule has 1 N–H and O–H groups in total. The van der Waals surface area contributed by atoms with Crippen molar-refractivity contribution in [3.63, 3.8) is 0 Å². The van der Waals surface area contributed by atoms with Crippen LogP contribution in [0, 0.1) is 0 Å². The lowest BCUT2D eigenvalue weighted by Gasteiger charge is -2.42. The Morgan fingerprint density at radius 1 is 0.867 bits per heavy atom. The van der Waals surface area contributed by atoms with Gasteiger partial charge in [0.1, 0.15) is 17.0 Å². The molecule has 2 aliphatic heterocycles. The van der Waals surface area contributed by atoms with Crippen LogP contribution in [0.3, 0.4) is 0 Å². The number of phenolic OH excluding ortho intramolecular Hbond substituents is 1. The van der Waals surface area contributed by atoms with Crippen molar-refractivity contribution in [1.82, 2.24) is 5.01 Å². The third-order valence-electron chi connectivity index (χ3n) is 8.85. The van der Waals surface area contributed by atoms with Gasteiger partial charge in [0.05, 0.1) is 13.3 Å². The fourth-order valence-electron chi connectivity index (χ4n) is 6.61. The summed E-state index contributed by atoms with van der Waals surface area (Å²) in [4.78, 5) is 18.9. The normalized spacial score (nSPS) is 14.3. The Balaban J connectivity index is 1.64. The van der Waals surface area contributed by atoms with Crippen molar-refractivity contribution in [2.75, 3.05) is 43.1 Å². The van der Waals surface area contributed by atoms with Crippen LogP contribution >= 0.6 is 15.9 Å². The minimum absolute atomic E-state index is 0.0665. The van der Waals surface area contributed by atoms with Gasteiger partial charge in [0.15, 0.2) is 11.5 Å². The third kappa shape index (κ3) is 4.81. The van der Waals surface area contributed by atoms with E-state index < -0.39 is 5.54 Å². The van der Waals surface area contributed by atoms with Gasteiger partial charge in [0, 0.05) is 82.0 Å². The number of hydrazone groups is 1. The highest BCUT2D eigenvalue weighted by molar-refractivity contribution is 9.10. The lowest BCUT2D eigenvalue weighted by atomic mass is 9.75. The number of aromatic hydroxyl groups is 1. The van der Waals surface area contributed by atoms with Crippen molar-refractivity contribution in [3.8, 4) is 23.0 Å². The first-order valence-electron chi connectivity index (χ1n) is 15.3. The van der Waals surface area contributed by atoms with Crippen LogP contribution in [0.15, 0.2) is 82.4 Å². The smallest absolute Gasteiger partial charge is 0.275 e. The van der Waals surface area contributed by atoms with Gasteiger partial charge in [0.25, 0.3) is 5.91 Å². The molecule has 45 heavy (non-hydrogen) atoms. The summed E-state index contributed by atoms with van der Waals surface area (Å²) in [5.41, 5.74) is 4.36. The van der Waals surface area contributed by atoms with Gasteiger partial charge in [0.2, 0.25) is 0 Å². The first kappa shape index (κ1) is 30.5. The highest BCUT2D eigenvalue weighted by Gasteiger charge is 2.57. The number of amides is 1. The molecule has 1 amide bonds. The van der Waals surface area contributed by atoms with E-state index in [4.69, 9.17) is 14.6 Å². The molecular formula is C36H37BrN4O4. The molecule has 0 saturated carbocycles. The monoisotopic (exact) mass is 668 g/mol. The van der Waals surface area contributed by atoms with Gasteiger partial charge in [-0.1, -0.05) is 46.3 Å². The molecule has 0 fully saturated rings. The highest BCUT2D eigenvalue weighted by Crippen LogP contribution is 2.58. The number of fused-ring (bicyclic) bond motifs is 6. The first-order valence-corrected chi connectivity index (χ1v) is 16.1. The number of hydrogen-bond donors (Lipinski definition) is 1. The molecule has 6 rings (SSSR count). The molecule has 4 aromatic rings. The van der Waals surface area contributed by atoms with E-state index in [9.17, 15) is 9.90 Å². The average Bonchev–Trinajstić information content (AvgIpc) is 3.30. The second-order valence-electron chi connectivity index (χ2n) is 11.0. The topological polar surface area (TPSA) is 77.8 Å². The van der Waals surface area contributed by atoms with Crippen LogP contribution in [0.2, 0.25) is 0 Å². The zero-order valence-electron chi connectivity index (χ0n) is 26.2. The molecule has 4 aromatic carbocycles. The molecule has 2 aliphatic rings. The summed E-state index contributed by atoms with van der Waals surface area (Å²) >= 11 is 3.49. The lowest BCUT2D eigenvalue weighted by molar-refractivity contribution is 0.0675. The molecule has 0 aliphatic carbocycles. The van der Waals surface area contributed by atoms with Crippen LogP contribution in [0.4, 0.5) is 11.4 Å². The van der Waals surface area contributed by atoms with Gasteiger partial charge in [-0.2, -0.15) is 5.10 Å². The molecule has 0 bridgehead atoms. The maximum absolute atomic E-state index is 14.4. The Morgan fingerprint density at radius 2 is 1.44 bits per heavy atom. The fourth-order valence-corrected chi connectivity index (χ4v) is 7.07. The van der Waals surface area contributed by atoms with E-state index in [1.54, 1.807) is 17.1 Å². The predicted molar refractivity (Wildman–Crippen MR) is 183 cm³/mol. The molecule has 9 heteroatoms. The van der Waals surface area contributed by atoms with Crippen LogP contribution in [0.1, 0.15) is 60.3 Å². The summed E-state index contributed by atoms with van der Waals surface area (Å²) in [6.45, 7) is 11.9. The SMILES string of the molecule is CCN(CC)c1ccc2c(c1)Oc1cc(N(CC)CC)ccc1C21c2ccccc2C(=O)N1/N=C/c1cc(Br)cc(OC)c1O. The third-order valence-corrected chi connectivity index (χ3v) is 9.30. The minimum atomic E-state index is -1.12. The molecule has 0 aromatic heterocycles. The van der Waals surface area contributed by atoms with Gasteiger partial charge in [-0.15, -0.1) is 0 Å². The molecule has 232 valence electrons. The number of rotatable bonds is 9.